The number of hydrogen-bond donors (Lipinski definition) is 0. The average Bonchev–Trinajstić information content (AvgIpc) is 2.88. The molecule has 1 aromatic rings. The van der Waals surface area contributed by atoms with E-state index in [4.69, 9.17) is 9.26 Å². The first-order valence-corrected chi connectivity index (χ1v) is 6.87. The van der Waals surface area contributed by atoms with Crippen molar-refractivity contribution in [2.45, 2.75) is 50.8 Å². The molecule has 1 fully saturated rings. The molecule has 1 aliphatic carbocycles. The summed E-state index contributed by atoms with van der Waals surface area (Å²) in [5.74, 6) is -1.78. The SMILES string of the molecule is COC(c1noc(CC(=O)C(F)(F)F)n1)C1CCCCC1. The fourth-order valence-electron chi connectivity index (χ4n) is 2.64. The maximum Gasteiger partial charge on any atom is 0.450 e. The van der Waals surface area contributed by atoms with Gasteiger partial charge in [0.2, 0.25) is 17.5 Å². The van der Waals surface area contributed by atoms with Crippen molar-refractivity contribution in [1.82, 2.24) is 10.1 Å². The van der Waals surface area contributed by atoms with Gasteiger partial charge in [-0.25, -0.2) is 0 Å². The Morgan fingerprint density at radius 2 is 2.05 bits per heavy atom. The standard InChI is InChI=1S/C13H17F3N2O3/c1-20-11(8-5-3-2-4-6-8)12-17-10(21-18-12)7-9(19)13(14,15)16/h8,11H,2-7H2,1H3. The summed E-state index contributed by atoms with van der Waals surface area (Å²) < 4.78 is 46.7. The zero-order valence-corrected chi connectivity index (χ0v) is 11.7. The van der Waals surface area contributed by atoms with Gasteiger partial charge in [-0.2, -0.15) is 18.2 Å². The molecule has 0 aromatic carbocycles. The minimum absolute atomic E-state index is 0.217. The highest BCUT2D eigenvalue weighted by Gasteiger charge is 2.39. The van der Waals surface area contributed by atoms with Crippen molar-refractivity contribution < 1.29 is 27.2 Å². The zero-order valence-electron chi connectivity index (χ0n) is 11.7. The fraction of sp³-hybridized carbons (Fsp3) is 0.769. The third-order valence-corrected chi connectivity index (χ3v) is 3.70. The Bertz CT molecular complexity index is 481. The van der Waals surface area contributed by atoms with Gasteiger partial charge in [0.05, 0.1) is 6.42 Å². The first-order valence-electron chi connectivity index (χ1n) is 6.87. The summed E-state index contributed by atoms with van der Waals surface area (Å²) in [5, 5.41) is 3.67. The predicted octanol–water partition coefficient (Wildman–Crippen LogP) is 3.01. The summed E-state index contributed by atoms with van der Waals surface area (Å²) in [7, 11) is 1.51. The van der Waals surface area contributed by atoms with Crippen molar-refractivity contribution in [3.8, 4) is 0 Å². The lowest BCUT2D eigenvalue weighted by atomic mass is 9.85. The fourth-order valence-corrected chi connectivity index (χ4v) is 2.64. The molecular formula is C13H17F3N2O3. The lowest BCUT2D eigenvalue weighted by molar-refractivity contribution is -0.170. The normalized spacial score (nSPS) is 18.7. The third kappa shape index (κ3) is 4.03. The Kier molecular flexibility index (Phi) is 4.97. The maximum absolute atomic E-state index is 12.2. The molecule has 1 aliphatic rings. The Balaban J connectivity index is 2.05. The van der Waals surface area contributed by atoms with Gasteiger partial charge < -0.3 is 9.26 Å². The molecule has 1 heterocycles. The van der Waals surface area contributed by atoms with Crippen molar-refractivity contribution in [3.63, 3.8) is 0 Å². The molecule has 118 valence electrons. The number of hydrogen-bond acceptors (Lipinski definition) is 5. The van der Waals surface area contributed by atoms with Gasteiger partial charge in [-0.3, -0.25) is 4.79 Å². The minimum atomic E-state index is -4.89. The van der Waals surface area contributed by atoms with E-state index in [0.717, 1.165) is 25.7 Å². The van der Waals surface area contributed by atoms with Gasteiger partial charge in [0.1, 0.15) is 6.10 Å². The quantitative estimate of drug-likeness (QED) is 0.836. The molecule has 0 spiro atoms. The molecule has 0 bridgehead atoms. The van der Waals surface area contributed by atoms with E-state index >= 15 is 0 Å². The van der Waals surface area contributed by atoms with Crippen LogP contribution in [-0.2, 0) is 16.0 Å². The summed E-state index contributed by atoms with van der Waals surface area (Å²) in [5.41, 5.74) is 0. The molecule has 0 radical (unpaired) electrons. The molecule has 1 aromatic heterocycles. The lowest BCUT2D eigenvalue weighted by Gasteiger charge is -2.26. The van der Waals surface area contributed by atoms with E-state index in [1.807, 2.05) is 0 Å². The van der Waals surface area contributed by atoms with Crippen LogP contribution in [0.1, 0.15) is 49.9 Å². The van der Waals surface area contributed by atoms with Crippen molar-refractivity contribution in [2.75, 3.05) is 7.11 Å². The molecule has 1 unspecified atom stereocenters. The Morgan fingerprint density at radius 3 is 2.62 bits per heavy atom. The Hall–Kier alpha value is -1.44. The highest BCUT2D eigenvalue weighted by molar-refractivity contribution is 5.85. The number of alkyl halides is 3. The van der Waals surface area contributed by atoms with E-state index in [2.05, 4.69) is 10.1 Å². The monoisotopic (exact) mass is 306 g/mol. The topological polar surface area (TPSA) is 65.2 Å². The largest absolute Gasteiger partial charge is 0.450 e. The molecule has 2 rings (SSSR count). The number of halogens is 3. The second-order valence-corrected chi connectivity index (χ2v) is 5.20. The number of carbonyl (C=O) groups excluding carboxylic acids is 1. The molecule has 1 saturated carbocycles. The number of carbonyl (C=O) groups is 1. The van der Waals surface area contributed by atoms with E-state index in [1.54, 1.807) is 0 Å². The van der Waals surface area contributed by atoms with Crippen LogP contribution in [0.2, 0.25) is 0 Å². The number of rotatable bonds is 5. The van der Waals surface area contributed by atoms with Crippen LogP contribution in [0.5, 0.6) is 0 Å². The summed E-state index contributed by atoms with van der Waals surface area (Å²) in [6.07, 6.45) is -0.957. The van der Waals surface area contributed by atoms with Crippen LogP contribution in [0, 0.1) is 5.92 Å². The molecule has 0 amide bonds. The molecule has 21 heavy (non-hydrogen) atoms. The predicted molar refractivity (Wildman–Crippen MR) is 65.4 cm³/mol. The third-order valence-electron chi connectivity index (χ3n) is 3.70. The molecule has 0 aliphatic heterocycles. The number of aromatic nitrogens is 2. The highest BCUT2D eigenvalue weighted by Crippen LogP contribution is 2.35. The maximum atomic E-state index is 12.2. The van der Waals surface area contributed by atoms with Crippen molar-refractivity contribution >= 4 is 5.78 Å². The Labute approximate surface area is 119 Å². The number of ether oxygens (including phenoxy) is 1. The van der Waals surface area contributed by atoms with Crippen molar-refractivity contribution in [1.29, 1.82) is 0 Å². The molecule has 5 nitrogen and oxygen atoms in total. The highest BCUT2D eigenvalue weighted by atomic mass is 19.4. The lowest BCUT2D eigenvalue weighted by Crippen LogP contribution is -2.24. The van der Waals surface area contributed by atoms with Crippen LogP contribution in [-0.4, -0.2) is 29.2 Å². The first kappa shape index (κ1) is 15.9. The van der Waals surface area contributed by atoms with Gasteiger partial charge in [-0.05, 0) is 18.8 Å². The zero-order chi connectivity index (χ0) is 15.5. The first-order chi connectivity index (χ1) is 9.91. The average molecular weight is 306 g/mol. The second-order valence-electron chi connectivity index (χ2n) is 5.20. The van der Waals surface area contributed by atoms with Crippen LogP contribution in [0.25, 0.3) is 0 Å². The van der Waals surface area contributed by atoms with E-state index in [9.17, 15) is 18.0 Å². The van der Waals surface area contributed by atoms with Gasteiger partial charge in [0, 0.05) is 7.11 Å². The second kappa shape index (κ2) is 6.55. The number of ketones is 1. The van der Waals surface area contributed by atoms with Gasteiger partial charge in [0.15, 0.2) is 0 Å². The molecule has 0 N–H and O–H groups in total. The van der Waals surface area contributed by atoms with Crippen LogP contribution in [0.3, 0.4) is 0 Å². The van der Waals surface area contributed by atoms with Gasteiger partial charge in [-0.1, -0.05) is 24.4 Å². The van der Waals surface area contributed by atoms with Gasteiger partial charge >= 0.3 is 6.18 Å². The van der Waals surface area contributed by atoms with Crippen molar-refractivity contribution in [2.24, 2.45) is 5.92 Å². The van der Waals surface area contributed by atoms with Crippen LogP contribution >= 0.6 is 0 Å². The molecule has 1 atom stereocenters. The minimum Gasteiger partial charge on any atom is -0.373 e. The smallest absolute Gasteiger partial charge is 0.373 e. The number of nitrogens with zero attached hydrogens (tertiary/aromatic N) is 2. The Morgan fingerprint density at radius 1 is 1.38 bits per heavy atom. The van der Waals surface area contributed by atoms with E-state index in [1.165, 1.54) is 13.5 Å². The molecular weight excluding hydrogens is 289 g/mol. The van der Waals surface area contributed by atoms with E-state index in [-0.39, 0.29) is 17.6 Å². The number of methoxy groups -OCH3 is 1. The number of Topliss-reactive ketones (excluding diaryl/α,β-unsaturated/α-hetero) is 1. The van der Waals surface area contributed by atoms with Crippen molar-refractivity contribution in [3.05, 3.63) is 11.7 Å². The summed E-state index contributed by atoms with van der Waals surface area (Å²) in [4.78, 5) is 14.8. The summed E-state index contributed by atoms with van der Waals surface area (Å²) >= 11 is 0. The molecule has 8 heteroatoms. The van der Waals surface area contributed by atoms with E-state index < -0.39 is 24.5 Å². The van der Waals surface area contributed by atoms with E-state index in [0.29, 0.717) is 0 Å². The summed E-state index contributed by atoms with van der Waals surface area (Å²) in [6, 6.07) is 0. The van der Waals surface area contributed by atoms with Crippen LogP contribution in [0.4, 0.5) is 13.2 Å². The van der Waals surface area contributed by atoms with Crippen LogP contribution in [0.15, 0.2) is 4.52 Å². The van der Waals surface area contributed by atoms with Crippen LogP contribution < -0.4 is 0 Å². The van der Waals surface area contributed by atoms with Gasteiger partial charge in [0.25, 0.3) is 0 Å². The summed E-state index contributed by atoms with van der Waals surface area (Å²) in [6.45, 7) is 0. The van der Waals surface area contributed by atoms with Gasteiger partial charge in [-0.15, -0.1) is 0 Å². The molecule has 0 saturated heterocycles.